The number of aliphatic carboxylic acids is 1. The number of carboxylic acid groups (broad SMARTS) is 1. The van der Waals surface area contributed by atoms with Gasteiger partial charge in [-0.1, -0.05) is 13.8 Å². The molecule has 1 aromatic rings. The molecule has 9 heteroatoms. The topological polar surface area (TPSA) is 83.5 Å². The van der Waals surface area contributed by atoms with Crippen LogP contribution in [0.3, 0.4) is 0 Å². The number of carbonyl (C=O) groups is 1. The van der Waals surface area contributed by atoms with E-state index in [9.17, 15) is 26.4 Å². The second-order valence-corrected chi connectivity index (χ2v) is 6.92. The van der Waals surface area contributed by atoms with Crippen molar-refractivity contribution in [2.75, 3.05) is 6.54 Å². The average molecular weight is 339 g/mol. The molecule has 0 aliphatic heterocycles. The summed E-state index contributed by atoms with van der Waals surface area (Å²) in [5, 5.41) is 9.00. The van der Waals surface area contributed by atoms with Crippen molar-refractivity contribution in [1.29, 1.82) is 0 Å². The van der Waals surface area contributed by atoms with E-state index in [1.54, 1.807) is 13.8 Å². The molecule has 124 valence electrons. The molecular formula is C13H16F3NO4S. The molecule has 0 amide bonds. The van der Waals surface area contributed by atoms with Crippen molar-refractivity contribution in [3.8, 4) is 0 Å². The van der Waals surface area contributed by atoms with Gasteiger partial charge in [0, 0.05) is 18.7 Å². The van der Waals surface area contributed by atoms with E-state index in [-0.39, 0.29) is 24.5 Å². The summed E-state index contributed by atoms with van der Waals surface area (Å²) in [5.74, 6) is -6.69. The van der Waals surface area contributed by atoms with Crippen LogP contribution in [-0.2, 0) is 14.8 Å². The molecule has 2 N–H and O–H groups in total. The number of carboxylic acids is 1. The Hall–Kier alpha value is -1.61. The van der Waals surface area contributed by atoms with Gasteiger partial charge in [0.15, 0.2) is 4.90 Å². The van der Waals surface area contributed by atoms with Gasteiger partial charge in [0.2, 0.25) is 10.0 Å². The number of nitrogens with one attached hydrogen (secondary N) is 1. The standard InChI is InChI=1S/C13H16F3NO4S/c1-7(2)3-8(13(18)19)6-17-22(20,21)12-10(15)4-9(14)5-11(12)16/h4-5,7-8,17H,3,6H2,1-2H3,(H,18,19). The molecule has 5 nitrogen and oxygen atoms in total. The molecule has 0 spiro atoms. The Morgan fingerprint density at radius 1 is 1.23 bits per heavy atom. The maximum absolute atomic E-state index is 13.5. The van der Waals surface area contributed by atoms with Crippen molar-refractivity contribution in [2.45, 2.75) is 25.2 Å². The molecule has 0 aliphatic rings. The first-order valence-electron chi connectivity index (χ1n) is 6.41. The molecule has 0 aliphatic carbocycles. The van der Waals surface area contributed by atoms with E-state index in [1.165, 1.54) is 0 Å². The van der Waals surface area contributed by atoms with Crippen molar-refractivity contribution >= 4 is 16.0 Å². The summed E-state index contributed by atoms with van der Waals surface area (Å²) < 4.78 is 65.4. The maximum Gasteiger partial charge on any atom is 0.307 e. The van der Waals surface area contributed by atoms with Gasteiger partial charge in [-0.15, -0.1) is 0 Å². The Morgan fingerprint density at radius 2 is 1.73 bits per heavy atom. The van der Waals surface area contributed by atoms with Crippen LogP contribution in [0.15, 0.2) is 17.0 Å². The lowest BCUT2D eigenvalue weighted by molar-refractivity contribution is -0.142. The number of sulfonamides is 1. The minimum absolute atomic E-state index is 0.00935. The van der Waals surface area contributed by atoms with Crippen molar-refractivity contribution in [3.05, 3.63) is 29.6 Å². The average Bonchev–Trinajstić information content (AvgIpc) is 2.31. The van der Waals surface area contributed by atoms with Crippen LogP contribution in [0.4, 0.5) is 13.2 Å². The third-order valence-corrected chi connectivity index (χ3v) is 4.33. The van der Waals surface area contributed by atoms with E-state index in [0.29, 0.717) is 0 Å². The van der Waals surface area contributed by atoms with E-state index in [2.05, 4.69) is 0 Å². The number of hydrogen-bond donors (Lipinski definition) is 2. The Bertz CT molecular complexity index is 638. The van der Waals surface area contributed by atoms with Crippen LogP contribution in [0.2, 0.25) is 0 Å². The van der Waals surface area contributed by atoms with Crippen LogP contribution >= 0.6 is 0 Å². The summed E-state index contributed by atoms with van der Waals surface area (Å²) in [6.07, 6.45) is 0.187. The van der Waals surface area contributed by atoms with Crippen molar-refractivity contribution in [1.82, 2.24) is 4.72 Å². The van der Waals surface area contributed by atoms with Crippen LogP contribution in [0.25, 0.3) is 0 Å². The zero-order valence-electron chi connectivity index (χ0n) is 11.9. The molecule has 0 saturated heterocycles. The predicted octanol–water partition coefficient (Wildman–Crippen LogP) is 2.13. The van der Waals surface area contributed by atoms with Crippen LogP contribution in [0, 0.1) is 29.3 Å². The minimum atomic E-state index is -4.63. The van der Waals surface area contributed by atoms with Gasteiger partial charge in [0.25, 0.3) is 0 Å². The molecule has 0 heterocycles. The summed E-state index contributed by atoms with van der Waals surface area (Å²) in [6, 6.07) is 0.473. The summed E-state index contributed by atoms with van der Waals surface area (Å²) >= 11 is 0. The normalized spacial score (nSPS) is 13.4. The van der Waals surface area contributed by atoms with Crippen LogP contribution < -0.4 is 4.72 Å². The van der Waals surface area contributed by atoms with Gasteiger partial charge < -0.3 is 5.11 Å². The fourth-order valence-electron chi connectivity index (χ4n) is 1.91. The molecule has 0 saturated carbocycles. The van der Waals surface area contributed by atoms with Crippen molar-refractivity contribution in [2.24, 2.45) is 11.8 Å². The summed E-state index contributed by atoms with van der Waals surface area (Å²) in [4.78, 5) is 9.70. The third-order valence-electron chi connectivity index (χ3n) is 2.86. The lowest BCUT2D eigenvalue weighted by Gasteiger charge is -2.16. The van der Waals surface area contributed by atoms with Gasteiger partial charge in [-0.25, -0.2) is 26.3 Å². The van der Waals surface area contributed by atoms with E-state index < -0.39 is 50.8 Å². The molecule has 1 rings (SSSR count). The zero-order chi connectivity index (χ0) is 17.1. The lowest BCUT2D eigenvalue weighted by Crippen LogP contribution is -2.34. The smallest absolute Gasteiger partial charge is 0.307 e. The Labute approximate surface area is 126 Å². The first-order chi connectivity index (χ1) is 10.0. The highest BCUT2D eigenvalue weighted by atomic mass is 32.2. The van der Waals surface area contributed by atoms with Gasteiger partial charge in [0.05, 0.1) is 5.92 Å². The lowest BCUT2D eigenvalue weighted by atomic mass is 9.98. The Morgan fingerprint density at radius 3 is 2.14 bits per heavy atom. The Kier molecular flexibility index (Phi) is 5.95. The quantitative estimate of drug-likeness (QED) is 0.797. The largest absolute Gasteiger partial charge is 0.481 e. The van der Waals surface area contributed by atoms with Gasteiger partial charge in [-0.3, -0.25) is 4.79 Å². The summed E-state index contributed by atoms with van der Waals surface area (Å²) in [5.41, 5.74) is 0. The van der Waals surface area contributed by atoms with E-state index in [1.807, 2.05) is 4.72 Å². The monoisotopic (exact) mass is 339 g/mol. The van der Waals surface area contributed by atoms with Crippen LogP contribution in [0.1, 0.15) is 20.3 Å². The maximum atomic E-state index is 13.5. The second-order valence-electron chi connectivity index (χ2n) is 5.22. The SMILES string of the molecule is CC(C)CC(CNS(=O)(=O)c1c(F)cc(F)cc1F)C(=O)O. The zero-order valence-corrected chi connectivity index (χ0v) is 12.8. The highest BCUT2D eigenvalue weighted by Gasteiger charge is 2.27. The number of benzene rings is 1. The molecule has 0 aromatic heterocycles. The molecule has 0 bridgehead atoms. The van der Waals surface area contributed by atoms with Crippen molar-refractivity contribution in [3.63, 3.8) is 0 Å². The first kappa shape index (κ1) is 18.4. The molecule has 1 atom stereocenters. The first-order valence-corrected chi connectivity index (χ1v) is 7.90. The van der Waals surface area contributed by atoms with Gasteiger partial charge in [-0.2, -0.15) is 0 Å². The third kappa shape index (κ3) is 4.70. The van der Waals surface area contributed by atoms with E-state index >= 15 is 0 Å². The fraction of sp³-hybridized carbons (Fsp3) is 0.462. The van der Waals surface area contributed by atoms with Crippen LogP contribution in [0.5, 0.6) is 0 Å². The molecule has 0 radical (unpaired) electrons. The molecule has 22 heavy (non-hydrogen) atoms. The molecule has 1 aromatic carbocycles. The van der Waals surface area contributed by atoms with Crippen LogP contribution in [-0.4, -0.2) is 26.0 Å². The van der Waals surface area contributed by atoms with E-state index in [0.717, 1.165) is 0 Å². The molecule has 0 fully saturated rings. The highest BCUT2D eigenvalue weighted by Crippen LogP contribution is 2.20. The fourth-order valence-corrected chi connectivity index (χ4v) is 3.10. The molecule has 1 unspecified atom stereocenters. The predicted molar refractivity (Wildman–Crippen MR) is 72.1 cm³/mol. The van der Waals surface area contributed by atoms with Crippen molar-refractivity contribution < 1.29 is 31.5 Å². The van der Waals surface area contributed by atoms with Gasteiger partial charge in [-0.05, 0) is 12.3 Å². The summed E-state index contributed by atoms with van der Waals surface area (Å²) in [7, 11) is -4.63. The van der Waals surface area contributed by atoms with Gasteiger partial charge in [0.1, 0.15) is 17.5 Å². The number of halogens is 3. The second kappa shape index (κ2) is 7.10. The van der Waals surface area contributed by atoms with E-state index in [4.69, 9.17) is 5.11 Å². The molecular weight excluding hydrogens is 323 g/mol. The minimum Gasteiger partial charge on any atom is -0.481 e. The highest BCUT2D eigenvalue weighted by molar-refractivity contribution is 7.89. The Balaban J connectivity index is 2.99. The number of rotatable bonds is 7. The van der Waals surface area contributed by atoms with Gasteiger partial charge >= 0.3 is 5.97 Å². The number of hydrogen-bond acceptors (Lipinski definition) is 3. The summed E-state index contributed by atoms with van der Waals surface area (Å²) in [6.45, 7) is 2.99.